The second-order valence-corrected chi connectivity index (χ2v) is 5.62. The van der Waals surface area contributed by atoms with Gasteiger partial charge in [-0.1, -0.05) is 12.7 Å². The van der Waals surface area contributed by atoms with Crippen LogP contribution < -0.4 is 0 Å². The molecule has 1 aliphatic rings. The SMILES string of the molecule is C=C(I)N=C/C(=C\C)N1CCN(C(C)C(=O)O)CC1=O. The average molecular weight is 391 g/mol. The number of carboxylic acids is 1. The summed E-state index contributed by atoms with van der Waals surface area (Å²) < 4.78 is 0.632. The number of allylic oxidation sites excluding steroid dienone is 2. The van der Waals surface area contributed by atoms with Crippen molar-refractivity contribution in [1.82, 2.24) is 9.80 Å². The molecule has 20 heavy (non-hydrogen) atoms. The topological polar surface area (TPSA) is 73.2 Å². The highest BCUT2D eigenvalue weighted by atomic mass is 127. The molecule has 1 aliphatic heterocycles. The maximum absolute atomic E-state index is 12.1. The van der Waals surface area contributed by atoms with Crippen LogP contribution in [0.25, 0.3) is 0 Å². The van der Waals surface area contributed by atoms with Gasteiger partial charge in [0.2, 0.25) is 5.91 Å². The summed E-state index contributed by atoms with van der Waals surface area (Å²) in [5.74, 6) is -1.04. The highest BCUT2D eigenvalue weighted by Gasteiger charge is 2.30. The fourth-order valence-corrected chi connectivity index (χ4v) is 2.03. The molecule has 6 nitrogen and oxygen atoms in total. The summed E-state index contributed by atoms with van der Waals surface area (Å²) in [6.07, 6.45) is 3.40. The zero-order valence-corrected chi connectivity index (χ0v) is 13.7. The van der Waals surface area contributed by atoms with E-state index >= 15 is 0 Å². The van der Waals surface area contributed by atoms with Crippen molar-refractivity contribution >= 4 is 40.7 Å². The predicted molar refractivity (Wildman–Crippen MR) is 85.8 cm³/mol. The van der Waals surface area contributed by atoms with Gasteiger partial charge in [0, 0.05) is 13.1 Å². The van der Waals surface area contributed by atoms with Gasteiger partial charge in [0.25, 0.3) is 0 Å². The molecule has 1 N–H and O–H groups in total. The van der Waals surface area contributed by atoms with E-state index in [0.717, 1.165) is 0 Å². The lowest BCUT2D eigenvalue weighted by Gasteiger charge is -2.36. The van der Waals surface area contributed by atoms with Crippen LogP contribution >= 0.6 is 22.6 Å². The van der Waals surface area contributed by atoms with Gasteiger partial charge in [-0.15, -0.1) is 0 Å². The molecule has 1 fully saturated rings. The summed E-state index contributed by atoms with van der Waals surface area (Å²) in [6, 6.07) is -0.655. The Morgan fingerprint density at radius 3 is 2.65 bits per heavy atom. The summed E-state index contributed by atoms with van der Waals surface area (Å²) in [7, 11) is 0. The standard InChI is InChI=1S/C13H18IN3O3/c1-4-11(7-15-10(3)14)17-6-5-16(8-12(17)18)9(2)13(19)20/h4,7,9H,3,5-6,8H2,1-2H3,(H,19,20)/b11-4+,15-7?. The van der Waals surface area contributed by atoms with E-state index in [1.165, 1.54) is 0 Å². The Bertz CT molecular complexity index is 473. The van der Waals surface area contributed by atoms with Crippen molar-refractivity contribution < 1.29 is 14.7 Å². The zero-order valence-electron chi connectivity index (χ0n) is 11.5. The van der Waals surface area contributed by atoms with Crippen LogP contribution in [0.4, 0.5) is 0 Å². The minimum absolute atomic E-state index is 0.101. The molecule has 0 bridgehead atoms. The zero-order chi connectivity index (χ0) is 15.3. The number of rotatable bonds is 5. The molecule has 0 aromatic rings. The summed E-state index contributed by atoms with van der Waals surface area (Å²) in [5.41, 5.74) is 0.704. The van der Waals surface area contributed by atoms with Crippen LogP contribution in [0.1, 0.15) is 13.8 Å². The van der Waals surface area contributed by atoms with Crippen LogP contribution in [0.15, 0.2) is 27.0 Å². The molecule has 0 saturated carbocycles. The van der Waals surface area contributed by atoms with E-state index in [1.54, 1.807) is 29.0 Å². The average Bonchev–Trinajstić information content (AvgIpc) is 2.39. The van der Waals surface area contributed by atoms with Gasteiger partial charge in [0.15, 0.2) is 0 Å². The van der Waals surface area contributed by atoms with Gasteiger partial charge in [-0.05, 0) is 36.4 Å². The van der Waals surface area contributed by atoms with Crippen LogP contribution in [-0.4, -0.2) is 58.7 Å². The smallest absolute Gasteiger partial charge is 0.320 e. The molecule has 1 heterocycles. The first-order valence-electron chi connectivity index (χ1n) is 6.18. The molecular weight excluding hydrogens is 373 g/mol. The van der Waals surface area contributed by atoms with E-state index in [4.69, 9.17) is 5.11 Å². The van der Waals surface area contributed by atoms with E-state index in [0.29, 0.717) is 22.5 Å². The third-order valence-corrected chi connectivity index (χ3v) is 3.38. The number of aliphatic carboxylic acids is 1. The lowest BCUT2D eigenvalue weighted by molar-refractivity contribution is -0.145. The number of carbonyl (C=O) groups excluding carboxylic acids is 1. The first-order chi connectivity index (χ1) is 9.36. The van der Waals surface area contributed by atoms with Crippen LogP contribution in [0.2, 0.25) is 0 Å². The quantitative estimate of drug-likeness (QED) is 0.438. The molecule has 1 unspecified atom stereocenters. The maximum Gasteiger partial charge on any atom is 0.320 e. The Labute approximate surface area is 132 Å². The Morgan fingerprint density at radius 2 is 2.20 bits per heavy atom. The third-order valence-electron chi connectivity index (χ3n) is 3.10. The third kappa shape index (κ3) is 4.41. The molecule has 1 saturated heterocycles. The highest BCUT2D eigenvalue weighted by molar-refractivity contribution is 14.1. The van der Waals surface area contributed by atoms with Crippen molar-refractivity contribution in [1.29, 1.82) is 0 Å². The summed E-state index contributed by atoms with van der Waals surface area (Å²) in [4.78, 5) is 30.4. The first-order valence-corrected chi connectivity index (χ1v) is 7.26. The molecular formula is C13H18IN3O3. The Kier molecular flexibility index (Phi) is 6.34. The molecule has 0 aliphatic carbocycles. The van der Waals surface area contributed by atoms with Gasteiger partial charge in [-0.25, -0.2) is 4.99 Å². The summed E-state index contributed by atoms with van der Waals surface area (Å²) in [5, 5.41) is 8.98. The molecule has 1 amide bonds. The molecule has 7 heteroatoms. The largest absolute Gasteiger partial charge is 0.480 e. The van der Waals surface area contributed by atoms with Gasteiger partial charge in [-0.3, -0.25) is 14.5 Å². The number of amides is 1. The monoisotopic (exact) mass is 391 g/mol. The number of hydrogen-bond donors (Lipinski definition) is 1. The highest BCUT2D eigenvalue weighted by Crippen LogP contribution is 2.13. The van der Waals surface area contributed by atoms with Gasteiger partial charge in [0.05, 0.1) is 22.2 Å². The van der Waals surface area contributed by atoms with Gasteiger partial charge >= 0.3 is 5.97 Å². The van der Waals surface area contributed by atoms with Crippen molar-refractivity contribution in [2.45, 2.75) is 19.9 Å². The van der Waals surface area contributed by atoms with Crippen LogP contribution in [0, 0.1) is 0 Å². The molecule has 1 atom stereocenters. The number of piperazine rings is 1. The number of nitrogens with zero attached hydrogens (tertiary/aromatic N) is 3. The van der Waals surface area contributed by atoms with Crippen LogP contribution in [-0.2, 0) is 9.59 Å². The molecule has 110 valence electrons. The van der Waals surface area contributed by atoms with E-state index in [2.05, 4.69) is 11.6 Å². The molecule has 0 spiro atoms. The molecule has 1 rings (SSSR count). The van der Waals surface area contributed by atoms with Gasteiger partial charge in [-0.2, -0.15) is 0 Å². The summed E-state index contributed by atoms with van der Waals surface area (Å²) >= 11 is 1.99. The lowest BCUT2D eigenvalue weighted by Crippen LogP contribution is -2.54. The van der Waals surface area contributed by atoms with Crippen LogP contribution in [0.5, 0.6) is 0 Å². The minimum atomic E-state index is -0.916. The van der Waals surface area contributed by atoms with Crippen molar-refractivity contribution in [2.24, 2.45) is 4.99 Å². The Balaban J connectivity index is 2.75. The fraction of sp³-hybridized carbons (Fsp3) is 0.462. The number of carboxylic acid groups (broad SMARTS) is 1. The Morgan fingerprint density at radius 1 is 1.55 bits per heavy atom. The fourth-order valence-electron chi connectivity index (χ4n) is 1.89. The van der Waals surface area contributed by atoms with Crippen LogP contribution in [0.3, 0.4) is 0 Å². The first kappa shape index (κ1) is 16.8. The second-order valence-electron chi connectivity index (χ2n) is 4.38. The number of carbonyl (C=O) groups is 2. The number of aliphatic imine (C=N–C) groups is 1. The van der Waals surface area contributed by atoms with Crippen molar-refractivity contribution in [2.75, 3.05) is 19.6 Å². The van der Waals surface area contributed by atoms with E-state index in [1.807, 2.05) is 29.5 Å². The van der Waals surface area contributed by atoms with Crippen molar-refractivity contribution in [3.05, 3.63) is 22.1 Å². The number of halogens is 1. The minimum Gasteiger partial charge on any atom is -0.480 e. The molecule has 0 aromatic heterocycles. The summed E-state index contributed by atoms with van der Waals surface area (Å²) in [6.45, 7) is 8.16. The van der Waals surface area contributed by atoms with Gasteiger partial charge in [0.1, 0.15) is 6.04 Å². The maximum atomic E-state index is 12.1. The van der Waals surface area contributed by atoms with Gasteiger partial charge < -0.3 is 10.0 Å². The van der Waals surface area contributed by atoms with Crippen molar-refractivity contribution in [3.63, 3.8) is 0 Å². The molecule has 0 aromatic carbocycles. The predicted octanol–water partition coefficient (Wildman–Crippen LogP) is 1.48. The second kappa shape index (κ2) is 7.53. The van der Waals surface area contributed by atoms with E-state index in [-0.39, 0.29) is 12.5 Å². The normalized spacial score (nSPS) is 19.4. The van der Waals surface area contributed by atoms with E-state index in [9.17, 15) is 9.59 Å². The number of hydrogen-bond acceptors (Lipinski definition) is 4. The Hall–Kier alpha value is -1.22. The molecule has 0 radical (unpaired) electrons. The lowest BCUT2D eigenvalue weighted by atomic mass is 10.2. The van der Waals surface area contributed by atoms with Crippen molar-refractivity contribution in [3.8, 4) is 0 Å². The van der Waals surface area contributed by atoms with E-state index < -0.39 is 12.0 Å².